The highest BCUT2D eigenvalue weighted by molar-refractivity contribution is 6.31. The Kier molecular flexibility index (Phi) is 5.99. The number of nitrogens with zero attached hydrogens (tertiary/aromatic N) is 3. The van der Waals surface area contributed by atoms with Gasteiger partial charge in [0.05, 0.1) is 24.8 Å². The van der Waals surface area contributed by atoms with Crippen molar-refractivity contribution in [2.45, 2.75) is 26.3 Å². The number of pyridine rings is 1. The lowest BCUT2D eigenvalue weighted by atomic mass is 10.0. The largest absolute Gasteiger partial charge is 0.493 e. The summed E-state index contributed by atoms with van der Waals surface area (Å²) >= 11 is 6.18. The summed E-state index contributed by atoms with van der Waals surface area (Å²) in [6.07, 6.45) is 3.36. The van der Waals surface area contributed by atoms with E-state index in [1.54, 1.807) is 52.6 Å². The van der Waals surface area contributed by atoms with Gasteiger partial charge in [-0.3, -0.25) is 4.79 Å². The zero-order valence-corrected chi connectivity index (χ0v) is 19.8. The van der Waals surface area contributed by atoms with Crippen molar-refractivity contribution in [2.75, 3.05) is 26.1 Å². The highest BCUT2D eigenvalue weighted by Crippen LogP contribution is 2.37. The van der Waals surface area contributed by atoms with Crippen molar-refractivity contribution in [1.82, 2.24) is 25.3 Å². The first-order valence-electron chi connectivity index (χ1n) is 10.4. The fourth-order valence-corrected chi connectivity index (χ4v) is 3.73. The number of aromatic amines is 1. The highest BCUT2D eigenvalue weighted by Gasteiger charge is 2.29. The summed E-state index contributed by atoms with van der Waals surface area (Å²) in [5.74, 6) is 1.84. The quantitative estimate of drug-likeness (QED) is 0.348. The minimum Gasteiger partial charge on any atom is -0.493 e. The van der Waals surface area contributed by atoms with Gasteiger partial charge >= 0.3 is 0 Å². The van der Waals surface area contributed by atoms with E-state index < -0.39 is 5.54 Å². The number of amides is 1. The first kappa shape index (κ1) is 22.6. The molecule has 0 aliphatic carbocycles. The number of nitrogens with one attached hydrogen (secondary N) is 3. The van der Waals surface area contributed by atoms with E-state index >= 15 is 0 Å². The van der Waals surface area contributed by atoms with Gasteiger partial charge in [0.2, 0.25) is 5.91 Å². The Morgan fingerprint density at radius 3 is 2.58 bits per heavy atom. The maximum Gasteiger partial charge on any atom is 0.245 e. The molecular weight excluding hydrogens is 444 g/mol. The Balaban J connectivity index is 0.00000216. The maximum absolute atomic E-state index is 12.7. The van der Waals surface area contributed by atoms with Crippen molar-refractivity contribution in [1.29, 1.82) is 0 Å². The first-order valence-corrected chi connectivity index (χ1v) is 10.8. The average Bonchev–Trinajstić information content (AvgIpc) is 3.21. The summed E-state index contributed by atoms with van der Waals surface area (Å²) in [5, 5.41) is 8.11. The molecule has 0 bridgehead atoms. The van der Waals surface area contributed by atoms with Crippen LogP contribution in [0.4, 0.5) is 5.82 Å². The van der Waals surface area contributed by atoms with Crippen LogP contribution >= 0.6 is 11.6 Å². The number of rotatable bonds is 7. The molecule has 3 N–H and O–H groups in total. The number of carbonyl (C=O) groups excluding carboxylic acids is 1. The number of methoxy groups -OCH3 is 2. The number of hydrogen-bond donors (Lipinski definition) is 3. The first-order chi connectivity index (χ1) is 15.8. The van der Waals surface area contributed by atoms with E-state index in [0.717, 1.165) is 10.9 Å². The van der Waals surface area contributed by atoms with Crippen molar-refractivity contribution in [3.63, 3.8) is 0 Å². The third kappa shape index (κ3) is 4.23. The Morgan fingerprint density at radius 1 is 1.15 bits per heavy atom. The molecule has 4 rings (SSSR count). The number of ether oxygens (including phenoxy) is 2. The van der Waals surface area contributed by atoms with Crippen LogP contribution in [0.3, 0.4) is 0 Å². The van der Waals surface area contributed by atoms with Crippen molar-refractivity contribution in [2.24, 2.45) is 0 Å². The molecule has 0 atom stereocenters. The summed E-state index contributed by atoms with van der Waals surface area (Å²) in [7, 11) is 3.13. The smallest absolute Gasteiger partial charge is 0.245 e. The van der Waals surface area contributed by atoms with Gasteiger partial charge in [0.25, 0.3) is 0 Å². The number of benzene rings is 1. The molecule has 0 fully saturated rings. The summed E-state index contributed by atoms with van der Waals surface area (Å²) < 4.78 is 10.9. The van der Waals surface area contributed by atoms with E-state index in [9.17, 15) is 4.79 Å². The predicted molar refractivity (Wildman–Crippen MR) is 135 cm³/mol. The van der Waals surface area contributed by atoms with Gasteiger partial charge in [-0.15, -0.1) is 0 Å². The van der Waals surface area contributed by atoms with Gasteiger partial charge in [-0.25, -0.2) is 15.0 Å². The number of aromatic nitrogens is 4. The van der Waals surface area contributed by atoms with Crippen molar-refractivity contribution in [3.05, 3.63) is 35.6 Å². The van der Waals surface area contributed by atoms with Crippen molar-refractivity contribution < 1.29 is 18.5 Å². The van der Waals surface area contributed by atoms with E-state index in [4.69, 9.17) is 31.0 Å². The number of hydrogen-bond acceptors (Lipinski definition) is 7. The predicted octanol–water partition coefficient (Wildman–Crippen LogP) is 4.91. The summed E-state index contributed by atoms with van der Waals surface area (Å²) in [6.45, 7) is 5.98. The Hall–Kier alpha value is -3.59. The van der Waals surface area contributed by atoms with Crippen LogP contribution in [0.15, 0.2) is 30.6 Å². The molecule has 0 aliphatic heterocycles. The normalized spacial score (nSPS) is 11.6. The van der Waals surface area contributed by atoms with Crippen LogP contribution in [0.5, 0.6) is 11.5 Å². The molecule has 1 amide bonds. The lowest BCUT2D eigenvalue weighted by Gasteiger charge is -2.26. The molecule has 33 heavy (non-hydrogen) atoms. The number of likely N-dealkylation sites (N-methyl/N-ethyl adjacent to an activating group) is 1. The molecule has 10 heteroatoms. The second kappa shape index (κ2) is 8.74. The fourth-order valence-electron chi connectivity index (χ4n) is 3.57. The summed E-state index contributed by atoms with van der Waals surface area (Å²) in [5.41, 5.74) is 1.08. The molecule has 4 aromatic rings. The molecule has 0 saturated carbocycles. The number of fused-ring (bicyclic) bond motifs is 2. The third-order valence-corrected chi connectivity index (χ3v) is 5.48. The molecular formula is C23H31ClN6O3. The van der Waals surface area contributed by atoms with Crippen LogP contribution in [-0.2, 0) is 4.79 Å². The molecule has 178 valence electrons. The highest BCUT2D eigenvalue weighted by atomic mass is 35.5. The summed E-state index contributed by atoms with van der Waals surface area (Å²) in [6, 6.07) is 5.38. The van der Waals surface area contributed by atoms with Gasteiger partial charge in [-0.05, 0) is 32.9 Å². The Morgan fingerprint density at radius 2 is 1.88 bits per heavy atom. The van der Waals surface area contributed by atoms with Crippen molar-refractivity contribution >= 4 is 45.3 Å². The molecule has 3 aromatic heterocycles. The lowest BCUT2D eigenvalue weighted by Crippen LogP contribution is -2.48. The van der Waals surface area contributed by atoms with Crippen molar-refractivity contribution in [3.8, 4) is 22.9 Å². The van der Waals surface area contributed by atoms with E-state index in [2.05, 4.69) is 20.6 Å². The van der Waals surface area contributed by atoms with Crippen LogP contribution in [0, 0.1) is 0 Å². The second-order valence-electron chi connectivity index (χ2n) is 7.98. The van der Waals surface area contributed by atoms with E-state index in [1.807, 2.05) is 13.0 Å². The monoisotopic (exact) mass is 474 g/mol. The van der Waals surface area contributed by atoms with Crippen LogP contribution in [0.1, 0.15) is 25.1 Å². The Bertz CT molecular complexity index is 1370. The van der Waals surface area contributed by atoms with Gasteiger partial charge < -0.3 is 25.1 Å². The van der Waals surface area contributed by atoms with Crippen LogP contribution < -0.4 is 20.1 Å². The third-order valence-electron chi connectivity index (χ3n) is 5.28. The molecule has 0 unspecified atom stereocenters. The van der Waals surface area contributed by atoms with Crippen LogP contribution in [0.2, 0.25) is 5.02 Å². The molecule has 3 heterocycles. The zero-order chi connectivity index (χ0) is 23.8. The topological polar surface area (TPSA) is 114 Å². The summed E-state index contributed by atoms with van der Waals surface area (Å²) in [4.78, 5) is 29.7. The van der Waals surface area contributed by atoms with Gasteiger partial charge in [0.1, 0.15) is 17.0 Å². The lowest BCUT2D eigenvalue weighted by molar-refractivity contribution is -0.124. The second-order valence-corrected chi connectivity index (χ2v) is 8.42. The van der Waals surface area contributed by atoms with Crippen LogP contribution in [0.25, 0.3) is 33.3 Å². The zero-order valence-electron chi connectivity index (χ0n) is 19.0. The SMILES string of the molecule is CCNC(=O)C(C)(C)Nc1nc(-c2c[nH]c3ncc(Cl)cc23)nc2cc(OC)c(OC)cc12.[HH].[HH].[HH]. The molecule has 0 spiro atoms. The molecule has 1 aromatic carbocycles. The number of H-pyrrole nitrogens is 1. The van der Waals surface area contributed by atoms with Gasteiger partial charge in [0.15, 0.2) is 17.3 Å². The average molecular weight is 475 g/mol. The Labute approximate surface area is 200 Å². The van der Waals surface area contributed by atoms with E-state index in [1.165, 1.54) is 0 Å². The van der Waals surface area contributed by atoms with E-state index in [0.29, 0.717) is 51.3 Å². The van der Waals surface area contributed by atoms with Gasteiger partial charge in [0, 0.05) is 45.6 Å². The molecule has 0 aliphatic rings. The number of anilines is 1. The maximum atomic E-state index is 12.7. The van der Waals surface area contributed by atoms with E-state index in [-0.39, 0.29) is 10.2 Å². The molecule has 0 saturated heterocycles. The molecule has 0 radical (unpaired) electrons. The minimum absolute atomic E-state index is 0. The fraction of sp³-hybridized carbons (Fsp3) is 0.304. The number of halogens is 1. The minimum atomic E-state index is -0.938. The van der Waals surface area contributed by atoms with Gasteiger partial charge in [-0.2, -0.15) is 0 Å². The molecule has 9 nitrogen and oxygen atoms in total. The standard InChI is InChI=1S/C23H25ClN6O3.3H2/c1-6-25-22(31)23(2,3)30-21-14-8-17(32-4)18(33-5)9-16(14)28-20(29-21)15-11-27-19-13(15)7-12(24)10-26-19;;;/h7-11H,6H2,1-5H3,(H,25,31)(H,26,27)(H,28,29,30);3*1H. The van der Waals surface area contributed by atoms with Crippen LogP contribution in [-0.4, -0.2) is 52.1 Å². The van der Waals surface area contributed by atoms with Gasteiger partial charge in [-0.1, -0.05) is 11.6 Å². The number of carbonyl (C=O) groups is 1.